The Morgan fingerprint density at radius 2 is 0.432 bits per heavy atom. The summed E-state index contributed by atoms with van der Waals surface area (Å²) in [5.41, 5.74) is 29.8. The van der Waals surface area contributed by atoms with E-state index in [1.54, 1.807) is 0 Å². The first-order chi connectivity index (χ1) is 40.2. The van der Waals surface area contributed by atoms with Gasteiger partial charge in [0.1, 0.15) is 0 Å². The van der Waals surface area contributed by atoms with Gasteiger partial charge in [0.05, 0.1) is 22.7 Å². The van der Waals surface area contributed by atoms with Gasteiger partial charge in [-0.05, 0) is 158 Å². The lowest BCUT2D eigenvalue weighted by atomic mass is 9.79. The van der Waals surface area contributed by atoms with E-state index in [1.165, 1.54) is 67.0 Å². The molecule has 3 aliphatic heterocycles. The predicted molar refractivity (Wildman–Crippen MR) is 339 cm³/mol. The van der Waals surface area contributed by atoms with Gasteiger partial charge >= 0.3 is 0 Å². The van der Waals surface area contributed by atoms with Crippen molar-refractivity contribution in [2.24, 2.45) is 0 Å². The third-order valence-corrected chi connectivity index (χ3v) is 17.1. The number of rotatable bonds is 6. The van der Waals surface area contributed by atoms with Crippen molar-refractivity contribution in [3.8, 4) is 77.9 Å². The molecule has 3 heterocycles. The monoisotopic (exact) mass is 1030 g/mol. The Labute approximate surface area is 473 Å². The van der Waals surface area contributed by atoms with Crippen molar-refractivity contribution in [1.82, 2.24) is 0 Å². The van der Waals surface area contributed by atoms with Crippen LogP contribution in [0.3, 0.4) is 0 Å². The van der Waals surface area contributed by atoms with E-state index in [1.807, 2.05) is 0 Å². The summed E-state index contributed by atoms with van der Waals surface area (Å²) in [4.78, 5) is 7.34. The topological polar surface area (TPSA) is 9.72 Å². The molecule has 2 atom stereocenters. The fraction of sp³-hybridized carbons (Fsp3) is 0.0256. The van der Waals surface area contributed by atoms with Crippen LogP contribution in [-0.2, 0) is 0 Å². The number of allylic oxidation sites excluding steroid dienone is 4. The van der Waals surface area contributed by atoms with Gasteiger partial charge in [-0.3, -0.25) is 0 Å². The van der Waals surface area contributed by atoms with E-state index in [0.29, 0.717) is 0 Å². The van der Waals surface area contributed by atoms with Gasteiger partial charge in [-0.2, -0.15) is 0 Å². The maximum absolute atomic E-state index is 2.47. The average molecular weight is 1030 g/mol. The van der Waals surface area contributed by atoms with Crippen LogP contribution in [-0.4, -0.2) is 0 Å². The zero-order chi connectivity index (χ0) is 53.4. The summed E-state index contributed by atoms with van der Waals surface area (Å²) in [6.45, 7) is 0. The molecule has 0 radical (unpaired) electrons. The number of hydrogen-bond donors (Lipinski definition) is 0. The quantitative estimate of drug-likeness (QED) is 0.164. The zero-order valence-electron chi connectivity index (χ0n) is 44.4. The molecule has 3 heteroatoms. The van der Waals surface area contributed by atoms with E-state index in [-0.39, 0.29) is 11.8 Å². The fourth-order valence-corrected chi connectivity index (χ4v) is 13.4. The molecule has 0 amide bonds. The minimum atomic E-state index is 0.252. The first-order valence-corrected chi connectivity index (χ1v) is 28.2. The second-order valence-electron chi connectivity index (χ2n) is 21.5. The molecule has 0 N–H and O–H groups in total. The molecule has 0 aromatic heterocycles. The summed E-state index contributed by atoms with van der Waals surface area (Å²) in [7, 11) is 0. The van der Waals surface area contributed by atoms with Gasteiger partial charge in [0, 0.05) is 62.5 Å². The molecule has 16 rings (SSSR count). The van der Waals surface area contributed by atoms with E-state index >= 15 is 0 Å². The van der Waals surface area contributed by atoms with E-state index in [0.717, 1.165) is 73.2 Å². The molecule has 81 heavy (non-hydrogen) atoms. The van der Waals surface area contributed by atoms with Crippen molar-refractivity contribution in [2.75, 3.05) is 14.7 Å². The van der Waals surface area contributed by atoms with Crippen LogP contribution in [0.5, 0.6) is 0 Å². The molecule has 0 fully saturated rings. The van der Waals surface area contributed by atoms with Crippen molar-refractivity contribution >= 4 is 51.2 Å². The molecule has 3 nitrogen and oxygen atoms in total. The Hall–Kier alpha value is -10.5. The Morgan fingerprint density at radius 3 is 0.728 bits per heavy atom. The van der Waals surface area contributed by atoms with Crippen LogP contribution in [0, 0.1) is 0 Å². The molecule has 12 aromatic carbocycles. The molecule has 380 valence electrons. The van der Waals surface area contributed by atoms with Crippen molar-refractivity contribution < 1.29 is 0 Å². The van der Waals surface area contributed by atoms with Crippen LogP contribution in [0.1, 0.15) is 23.0 Å². The highest BCUT2D eigenvalue weighted by Crippen LogP contribution is 2.55. The standard InChI is InChI=1S/C78H53N3/c1-2-20-62-61(19-1)67-25-7-13-31-73(67)79(74-32-14-8-26-68(62)74)58-43-37-52(38-44-58)55-49-56(53-39-45-59(46-40-53)80-75-33-15-9-27-69(75)63-21-3-4-22-64(63)70-28-10-16-34-76(70)80)51-57(50-55)54-41-47-60(48-42-54)81-77-35-17-11-29-71(77)65-23-5-6-24-66(65)72-30-12-18-36-78(72)81/h1-51,61-62H. The Balaban J connectivity index is 0.817. The lowest BCUT2D eigenvalue weighted by Crippen LogP contribution is -2.11. The minimum absolute atomic E-state index is 0.252. The number of para-hydroxylation sites is 6. The van der Waals surface area contributed by atoms with Gasteiger partial charge in [-0.25, -0.2) is 0 Å². The molecule has 4 aliphatic rings. The molecular weight excluding hydrogens is 979 g/mol. The summed E-state index contributed by atoms with van der Waals surface area (Å²) < 4.78 is 0. The van der Waals surface area contributed by atoms with Crippen LogP contribution >= 0.6 is 0 Å². The summed E-state index contributed by atoms with van der Waals surface area (Å²) >= 11 is 0. The molecule has 0 saturated carbocycles. The second kappa shape index (κ2) is 19.2. The van der Waals surface area contributed by atoms with Crippen molar-refractivity contribution in [1.29, 1.82) is 0 Å². The third-order valence-electron chi connectivity index (χ3n) is 17.1. The highest BCUT2D eigenvalue weighted by atomic mass is 15.2. The number of nitrogens with zero attached hydrogens (tertiary/aromatic N) is 3. The Kier molecular flexibility index (Phi) is 11.0. The van der Waals surface area contributed by atoms with Crippen LogP contribution in [0.2, 0.25) is 0 Å². The number of anilines is 9. The summed E-state index contributed by atoms with van der Waals surface area (Å²) in [5.74, 6) is 0.504. The van der Waals surface area contributed by atoms with Crippen LogP contribution in [0.25, 0.3) is 77.9 Å². The van der Waals surface area contributed by atoms with E-state index in [4.69, 9.17) is 0 Å². The first kappa shape index (κ1) is 46.6. The van der Waals surface area contributed by atoms with Gasteiger partial charge < -0.3 is 14.7 Å². The summed E-state index contributed by atoms with van der Waals surface area (Å²) in [6.07, 6.45) is 9.15. The largest absolute Gasteiger partial charge is 0.310 e. The van der Waals surface area contributed by atoms with Crippen LogP contribution in [0.4, 0.5) is 51.2 Å². The highest BCUT2D eigenvalue weighted by molar-refractivity contribution is 6.04. The van der Waals surface area contributed by atoms with Crippen molar-refractivity contribution in [2.45, 2.75) is 11.8 Å². The SMILES string of the molecule is C1=CC2c3ccccc3N(c3ccc(-c4cc(-c5ccc(N6c7ccccc7-c7ccccc7-c7ccccc76)cc5)cc(-c5ccc(N6c7ccccc7-c7ccccc7-c7ccccc76)cc5)c4)cc3)c3ccccc3C2C=C1. The zero-order valence-corrected chi connectivity index (χ0v) is 44.4. The lowest BCUT2D eigenvalue weighted by molar-refractivity contribution is 0.739. The second-order valence-corrected chi connectivity index (χ2v) is 21.5. The molecule has 0 bridgehead atoms. The van der Waals surface area contributed by atoms with Crippen molar-refractivity contribution in [3.63, 3.8) is 0 Å². The van der Waals surface area contributed by atoms with Gasteiger partial charge in [-0.15, -0.1) is 0 Å². The van der Waals surface area contributed by atoms with Gasteiger partial charge in [0.2, 0.25) is 0 Å². The molecule has 0 spiro atoms. The maximum Gasteiger partial charge on any atom is 0.0540 e. The van der Waals surface area contributed by atoms with Gasteiger partial charge in [-0.1, -0.05) is 218 Å². The molecular formula is C78H53N3. The normalized spacial score (nSPS) is 15.0. The molecule has 12 aromatic rings. The minimum Gasteiger partial charge on any atom is -0.310 e. The van der Waals surface area contributed by atoms with Gasteiger partial charge in [0.15, 0.2) is 0 Å². The summed E-state index contributed by atoms with van der Waals surface area (Å²) in [6, 6.07) is 106. The third kappa shape index (κ3) is 7.73. The molecule has 1 aliphatic carbocycles. The summed E-state index contributed by atoms with van der Waals surface area (Å²) in [5, 5.41) is 0. The number of fused-ring (bicyclic) bond motifs is 15. The van der Waals surface area contributed by atoms with Gasteiger partial charge in [0.25, 0.3) is 0 Å². The Morgan fingerprint density at radius 1 is 0.198 bits per heavy atom. The number of hydrogen-bond acceptors (Lipinski definition) is 3. The van der Waals surface area contributed by atoms with Crippen LogP contribution < -0.4 is 14.7 Å². The average Bonchev–Trinajstić information content (AvgIpc) is 4.06. The predicted octanol–water partition coefficient (Wildman–Crippen LogP) is 21.7. The lowest BCUT2D eigenvalue weighted by Gasteiger charge is -2.28. The first-order valence-electron chi connectivity index (χ1n) is 28.2. The van der Waals surface area contributed by atoms with Crippen LogP contribution in [0.15, 0.2) is 309 Å². The molecule has 2 unspecified atom stereocenters. The van der Waals surface area contributed by atoms with E-state index in [2.05, 4.69) is 324 Å². The van der Waals surface area contributed by atoms with E-state index < -0.39 is 0 Å². The smallest absolute Gasteiger partial charge is 0.0540 e. The highest BCUT2D eigenvalue weighted by Gasteiger charge is 2.34. The Bertz CT molecular complexity index is 4090. The number of benzene rings is 12. The van der Waals surface area contributed by atoms with E-state index in [9.17, 15) is 0 Å². The molecule has 0 saturated heterocycles. The maximum atomic E-state index is 2.47. The fourth-order valence-electron chi connectivity index (χ4n) is 13.4. The van der Waals surface area contributed by atoms with Crippen molar-refractivity contribution in [3.05, 3.63) is 321 Å².